The van der Waals surface area contributed by atoms with Gasteiger partial charge in [-0.05, 0) is 13.3 Å². The zero-order valence-corrected chi connectivity index (χ0v) is 15.6. The lowest BCUT2D eigenvalue weighted by Gasteiger charge is -2.24. The average molecular weight is 393 g/mol. The average Bonchev–Trinajstić information content (AvgIpc) is 3.42. The van der Waals surface area contributed by atoms with Gasteiger partial charge < -0.3 is 19.8 Å². The predicted octanol–water partition coefficient (Wildman–Crippen LogP) is 0.114. The number of aliphatic hydroxyl groups is 1. The minimum atomic E-state index is -0.934. The summed E-state index contributed by atoms with van der Waals surface area (Å²) in [6, 6.07) is 1.11. The molecule has 0 radical (unpaired) electrons. The molecular formula is C17H24FN7O3. The quantitative estimate of drug-likeness (QED) is 0.742. The fraction of sp³-hybridized carbons (Fsp3) is 0.647. The van der Waals surface area contributed by atoms with Crippen molar-refractivity contribution < 1.29 is 18.8 Å². The van der Waals surface area contributed by atoms with Crippen LogP contribution in [0, 0.1) is 6.92 Å². The van der Waals surface area contributed by atoms with Crippen molar-refractivity contribution in [2.75, 3.05) is 26.2 Å². The van der Waals surface area contributed by atoms with Gasteiger partial charge in [-0.25, -0.2) is 13.9 Å². The van der Waals surface area contributed by atoms with Gasteiger partial charge in [0.15, 0.2) is 5.76 Å². The van der Waals surface area contributed by atoms with E-state index in [1.807, 2.05) is 17.9 Å². The number of aryl methyl sites for hydroxylation is 1. The van der Waals surface area contributed by atoms with Crippen LogP contribution in [0.5, 0.6) is 0 Å². The molecule has 0 aliphatic carbocycles. The largest absolute Gasteiger partial charge is 0.389 e. The lowest BCUT2D eigenvalue weighted by atomic mass is 10.2. The number of halogens is 1. The molecule has 0 spiro atoms. The standard InChI is InChI=1S/C17H24FN7O3/c1-11-4-14(28-21-11)8-23-7-12(18)5-13(23)6-19-17(27)24-9-15(16(26)10-24)25-3-2-20-22-25/h2-4,12-13,15-16,26H,5-10H2,1H3,(H,19,27)/t12-,13-,15+,16+/m0/s1. The number of β-amino-alcohol motifs (C(OH)–C–C–N with tert-alkyl or cyclic N) is 1. The molecule has 2 aromatic rings. The Kier molecular flexibility index (Phi) is 5.27. The molecule has 152 valence electrons. The number of amides is 2. The van der Waals surface area contributed by atoms with Crippen LogP contribution < -0.4 is 5.32 Å². The molecule has 2 N–H and O–H groups in total. The molecule has 2 saturated heterocycles. The highest BCUT2D eigenvalue weighted by Gasteiger charge is 2.37. The monoisotopic (exact) mass is 393 g/mol. The van der Waals surface area contributed by atoms with Crippen LogP contribution in [0.25, 0.3) is 0 Å². The first-order chi connectivity index (χ1) is 13.5. The Hall–Kier alpha value is -2.53. The van der Waals surface area contributed by atoms with Gasteiger partial charge in [0.25, 0.3) is 0 Å². The Bertz CT molecular complexity index is 799. The lowest BCUT2D eigenvalue weighted by molar-refractivity contribution is 0.138. The number of likely N-dealkylation sites (tertiary alicyclic amines) is 2. The molecule has 4 atom stereocenters. The van der Waals surface area contributed by atoms with E-state index in [1.165, 1.54) is 6.20 Å². The van der Waals surface area contributed by atoms with Gasteiger partial charge in [0, 0.05) is 37.9 Å². The van der Waals surface area contributed by atoms with E-state index in [4.69, 9.17) is 4.52 Å². The van der Waals surface area contributed by atoms with Crippen LogP contribution in [0.4, 0.5) is 9.18 Å². The fourth-order valence-electron chi connectivity index (χ4n) is 3.93. The van der Waals surface area contributed by atoms with Crippen molar-refractivity contribution in [1.82, 2.24) is 35.3 Å². The molecule has 0 aromatic carbocycles. The second kappa shape index (κ2) is 7.84. The number of hydrogen-bond donors (Lipinski definition) is 2. The number of urea groups is 1. The molecule has 0 saturated carbocycles. The van der Waals surface area contributed by atoms with Crippen molar-refractivity contribution in [3.8, 4) is 0 Å². The summed E-state index contributed by atoms with van der Waals surface area (Å²) in [5.74, 6) is 0.682. The van der Waals surface area contributed by atoms with Crippen LogP contribution in [0.2, 0.25) is 0 Å². The molecule has 2 amide bonds. The summed E-state index contributed by atoms with van der Waals surface area (Å²) in [6.45, 7) is 3.48. The van der Waals surface area contributed by atoms with Crippen molar-refractivity contribution in [1.29, 1.82) is 0 Å². The second-order valence-corrected chi connectivity index (χ2v) is 7.46. The number of nitrogens with zero attached hydrogens (tertiary/aromatic N) is 6. The second-order valence-electron chi connectivity index (χ2n) is 7.46. The van der Waals surface area contributed by atoms with Gasteiger partial charge in [-0.15, -0.1) is 5.10 Å². The van der Waals surface area contributed by atoms with Crippen LogP contribution in [0.3, 0.4) is 0 Å². The minimum Gasteiger partial charge on any atom is -0.389 e. The zero-order valence-electron chi connectivity index (χ0n) is 15.6. The first-order valence-corrected chi connectivity index (χ1v) is 9.36. The van der Waals surface area contributed by atoms with E-state index in [-0.39, 0.29) is 24.7 Å². The van der Waals surface area contributed by atoms with E-state index >= 15 is 0 Å². The van der Waals surface area contributed by atoms with E-state index in [9.17, 15) is 14.3 Å². The number of carbonyl (C=O) groups is 1. The number of rotatable bonds is 5. The Morgan fingerprint density at radius 1 is 1.43 bits per heavy atom. The summed E-state index contributed by atoms with van der Waals surface area (Å²) in [7, 11) is 0. The van der Waals surface area contributed by atoms with Gasteiger partial charge in [-0.1, -0.05) is 10.4 Å². The maximum Gasteiger partial charge on any atom is 0.317 e. The highest BCUT2D eigenvalue weighted by atomic mass is 19.1. The molecular weight excluding hydrogens is 369 g/mol. The Morgan fingerprint density at radius 2 is 2.29 bits per heavy atom. The van der Waals surface area contributed by atoms with E-state index in [1.54, 1.807) is 15.8 Å². The van der Waals surface area contributed by atoms with Gasteiger partial charge in [0.1, 0.15) is 6.17 Å². The molecule has 2 aliphatic rings. The number of alkyl halides is 1. The predicted molar refractivity (Wildman–Crippen MR) is 95.0 cm³/mol. The third-order valence-electron chi connectivity index (χ3n) is 5.33. The van der Waals surface area contributed by atoms with Gasteiger partial charge in [0.2, 0.25) is 0 Å². The van der Waals surface area contributed by atoms with E-state index < -0.39 is 12.3 Å². The van der Waals surface area contributed by atoms with Crippen LogP contribution in [0.1, 0.15) is 23.9 Å². The minimum absolute atomic E-state index is 0.122. The van der Waals surface area contributed by atoms with Crippen molar-refractivity contribution in [2.24, 2.45) is 0 Å². The summed E-state index contributed by atoms with van der Waals surface area (Å²) in [5, 5.41) is 24.6. The summed E-state index contributed by atoms with van der Waals surface area (Å²) >= 11 is 0. The first-order valence-electron chi connectivity index (χ1n) is 9.36. The van der Waals surface area contributed by atoms with Crippen LogP contribution in [-0.4, -0.2) is 85.6 Å². The molecule has 4 rings (SSSR count). The molecule has 28 heavy (non-hydrogen) atoms. The van der Waals surface area contributed by atoms with Gasteiger partial charge >= 0.3 is 6.03 Å². The van der Waals surface area contributed by atoms with Crippen molar-refractivity contribution in [3.05, 3.63) is 29.9 Å². The van der Waals surface area contributed by atoms with E-state index in [2.05, 4.69) is 20.8 Å². The topological polar surface area (TPSA) is 113 Å². The smallest absolute Gasteiger partial charge is 0.317 e. The van der Waals surface area contributed by atoms with Gasteiger partial charge in [0.05, 0.1) is 37.1 Å². The first kappa shape index (κ1) is 18.8. The summed E-state index contributed by atoms with van der Waals surface area (Å²) < 4.78 is 20.7. The lowest BCUT2D eigenvalue weighted by Crippen LogP contribution is -2.45. The third kappa shape index (κ3) is 3.99. The maximum atomic E-state index is 14.0. The summed E-state index contributed by atoms with van der Waals surface area (Å²) in [5.41, 5.74) is 0.783. The molecule has 2 fully saturated rings. The number of aromatic nitrogens is 4. The Labute approximate surface area is 161 Å². The SMILES string of the molecule is Cc1cc(CN2C[C@@H](F)C[C@H]2CNC(=O)N2C[C@@H](O)[C@H](n3ccnn3)C2)on1. The molecule has 11 heteroatoms. The Morgan fingerprint density at radius 3 is 3.00 bits per heavy atom. The maximum absolute atomic E-state index is 14.0. The van der Waals surface area contributed by atoms with E-state index in [0.717, 1.165) is 5.69 Å². The molecule has 0 bridgehead atoms. The molecule has 2 aliphatic heterocycles. The van der Waals surface area contributed by atoms with Gasteiger partial charge in [-0.3, -0.25) is 4.90 Å². The normalized spacial score (nSPS) is 28.2. The van der Waals surface area contributed by atoms with E-state index in [0.29, 0.717) is 38.4 Å². The zero-order chi connectivity index (χ0) is 19.7. The van der Waals surface area contributed by atoms with Crippen LogP contribution in [0.15, 0.2) is 23.0 Å². The highest BCUT2D eigenvalue weighted by Crippen LogP contribution is 2.24. The summed E-state index contributed by atoms with van der Waals surface area (Å²) in [4.78, 5) is 16.0. The number of aliphatic hydroxyl groups excluding tert-OH is 1. The summed E-state index contributed by atoms with van der Waals surface area (Å²) in [6.07, 6.45) is 1.92. The number of hydrogen-bond acceptors (Lipinski definition) is 7. The van der Waals surface area contributed by atoms with Crippen LogP contribution in [-0.2, 0) is 6.54 Å². The van der Waals surface area contributed by atoms with Crippen molar-refractivity contribution >= 4 is 6.03 Å². The van der Waals surface area contributed by atoms with Gasteiger partial charge in [-0.2, -0.15) is 0 Å². The Balaban J connectivity index is 1.31. The van der Waals surface area contributed by atoms with Crippen LogP contribution >= 0.6 is 0 Å². The molecule has 10 nitrogen and oxygen atoms in total. The molecule has 0 unspecified atom stereocenters. The molecule has 4 heterocycles. The fourth-order valence-corrected chi connectivity index (χ4v) is 3.93. The molecule has 2 aromatic heterocycles. The number of carbonyl (C=O) groups excluding carboxylic acids is 1. The van der Waals surface area contributed by atoms with Crippen molar-refractivity contribution in [3.63, 3.8) is 0 Å². The highest BCUT2D eigenvalue weighted by molar-refractivity contribution is 5.74. The van der Waals surface area contributed by atoms with Crippen molar-refractivity contribution in [2.45, 2.75) is 44.2 Å². The number of nitrogens with one attached hydrogen (secondary N) is 1. The third-order valence-corrected chi connectivity index (χ3v) is 5.33.